The van der Waals surface area contributed by atoms with Crippen molar-refractivity contribution in [2.75, 3.05) is 20.0 Å². The quantitative estimate of drug-likeness (QED) is 0.309. The van der Waals surface area contributed by atoms with E-state index in [4.69, 9.17) is 23.1 Å². The van der Waals surface area contributed by atoms with Gasteiger partial charge in [0.2, 0.25) is 5.79 Å². The number of rotatable bonds is 10. The molecule has 1 aromatic carbocycles. The molecule has 0 amide bonds. The fraction of sp³-hybridized carbons (Fsp3) is 0.769. The van der Waals surface area contributed by atoms with Gasteiger partial charge >= 0.3 is 0 Å². The molecule has 8 nitrogen and oxygen atoms in total. The number of hydrogen-bond acceptors (Lipinski definition) is 8. The van der Waals surface area contributed by atoms with E-state index in [2.05, 4.69) is 67.7 Å². The van der Waals surface area contributed by atoms with Gasteiger partial charge in [0, 0.05) is 14.2 Å². The van der Waals surface area contributed by atoms with Gasteiger partial charge in [-0.15, -0.1) is 0 Å². The highest BCUT2D eigenvalue weighted by Crippen LogP contribution is 2.47. The molecular formula is C26H48O8SSi2. The van der Waals surface area contributed by atoms with Crippen molar-refractivity contribution in [2.45, 2.75) is 113 Å². The Bertz CT molecular complexity index is 998. The lowest BCUT2D eigenvalue weighted by molar-refractivity contribution is -0.251. The van der Waals surface area contributed by atoms with Gasteiger partial charge in [-0.05, 0) is 48.4 Å². The molecule has 0 bridgehead atoms. The van der Waals surface area contributed by atoms with Gasteiger partial charge in [-0.1, -0.05) is 59.7 Å². The van der Waals surface area contributed by atoms with Crippen LogP contribution in [0.25, 0.3) is 0 Å². The van der Waals surface area contributed by atoms with Crippen molar-refractivity contribution >= 4 is 26.5 Å². The average molecular weight is 577 g/mol. The summed E-state index contributed by atoms with van der Waals surface area (Å²) >= 11 is 0. The molecule has 214 valence electrons. The lowest BCUT2D eigenvalue weighted by Gasteiger charge is -2.45. The topological polar surface area (TPSA) is 101 Å². The van der Waals surface area contributed by atoms with Gasteiger partial charge in [0.05, 0.1) is 4.90 Å². The summed E-state index contributed by atoms with van der Waals surface area (Å²) in [5, 5.41) is 11.7. The first kappa shape index (κ1) is 32.6. The first-order valence-electron chi connectivity index (χ1n) is 12.7. The molecule has 1 aliphatic rings. The second-order valence-electron chi connectivity index (χ2n) is 13.0. The Hall–Kier alpha value is -0.636. The molecule has 1 heterocycles. The van der Waals surface area contributed by atoms with E-state index in [0.29, 0.717) is 0 Å². The van der Waals surface area contributed by atoms with Crippen LogP contribution in [0.4, 0.5) is 0 Å². The van der Waals surface area contributed by atoms with E-state index in [1.807, 2.05) is 0 Å². The first-order valence-corrected chi connectivity index (χ1v) is 20.2. The molecule has 11 heteroatoms. The summed E-state index contributed by atoms with van der Waals surface area (Å²) in [6, 6.07) is 8.04. The number of aliphatic hydroxyl groups is 1. The van der Waals surface area contributed by atoms with Crippen molar-refractivity contribution < 1.29 is 36.6 Å². The average Bonchev–Trinajstić information content (AvgIpc) is 2.98. The Morgan fingerprint density at radius 2 is 1.38 bits per heavy atom. The van der Waals surface area contributed by atoms with Gasteiger partial charge in [0.15, 0.2) is 32.8 Å². The van der Waals surface area contributed by atoms with E-state index in [1.165, 1.54) is 26.4 Å². The summed E-state index contributed by atoms with van der Waals surface area (Å²) in [6.45, 7) is 20.9. The van der Waals surface area contributed by atoms with E-state index in [9.17, 15) is 13.5 Å². The molecule has 0 aliphatic carbocycles. The van der Waals surface area contributed by atoms with Crippen molar-refractivity contribution in [3.05, 3.63) is 30.3 Å². The fourth-order valence-electron chi connectivity index (χ4n) is 3.77. The zero-order chi connectivity index (χ0) is 28.7. The first-order chi connectivity index (χ1) is 16.6. The molecule has 2 rings (SSSR count). The third-order valence-electron chi connectivity index (χ3n) is 8.10. The van der Waals surface area contributed by atoms with Gasteiger partial charge in [-0.25, -0.2) is 8.42 Å². The second kappa shape index (κ2) is 11.1. The van der Waals surface area contributed by atoms with Crippen LogP contribution in [0.5, 0.6) is 0 Å². The molecule has 0 saturated carbocycles. The van der Waals surface area contributed by atoms with Crippen molar-refractivity contribution in [1.29, 1.82) is 0 Å². The van der Waals surface area contributed by atoms with Gasteiger partial charge in [-0.3, -0.25) is 0 Å². The molecule has 1 N–H and O–H groups in total. The summed E-state index contributed by atoms with van der Waals surface area (Å²) in [5.41, 5.74) is 0. The molecular weight excluding hydrogens is 529 g/mol. The molecule has 1 unspecified atom stereocenters. The summed E-state index contributed by atoms with van der Waals surface area (Å²) in [7, 11) is -5.99. The molecule has 0 spiro atoms. The lowest BCUT2D eigenvalue weighted by Crippen LogP contribution is -2.59. The number of hydrogen-bond donors (Lipinski definition) is 1. The van der Waals surface area contributed by atoms with Gasteiger partial charge < -0.3 is 28.2 Å². The fourth-order valence-corrected chi connectivity index (χ4v) is 7.89. The largest absolute Gasteiger partial charge is 0.408 e. The number of benzene rings is 1. The standard InChI is InChI=1S/C26H48O8SSi2/c1-24(2,3)36(9,10)33-20-21(23(30-7)31-8)32-26(27,22(20)34-37(11,12)25(4,5)6)18-35(28,29)19-16-14-13-15-17-19/h13-17,20-23,27H,18H2,1-12H3/t20-,21+,22-,26?/m1/s1. The van der Waals surface area contributed by atoms with Crippen LogP contribution in [-0.4, -0.2) is 80.5 Å². The molecule has 1 saturated heterocycles. The molecule has 1 aromatic rings. The molecule has 0 radical (unpaired) electrons. The van der Waals surface area contributed by atoms with Crippen molar-refractivity contribution in [2.24, 2.45) is 0 Å². The Balaban J connectivity index is 2.69. The molecule has 1 aliphatic heterocycles. The van der Waals surface area contributed by atoms with Gasteiger partial charge in [-0.2, -0.15) is 0 Å². The SMILES string of the molecule is COC(OC)[C@H]1OC(O)(CS(=O)(=O)c2ccccc2)[C@H](O[Si](C)(C)C(C)(C)C)[C@@H]1O[Si](C)(C)C(C)(C)C. The van der Waals surface area contributed by atoms with Crippen LogP contribution >= 0.6 is 0 Å². The summed E-state index contributed by atoms with van der Waals surface area (Å²) in [4.78, 5) is 0.0958. The minimum absolute atomic E-state index is 0.0958. The predicted molar refractivity (Wildman–Crippen MR) is 150 cm³/mol. The normalized spacial score (nSPS) is 26.2. The maximum atomic E-state index is 13.5. The zero-order valence-corrected chi connectivity index (χ0v) is 27.4. The minimum Gasteiger partial charge on any atom is -0.408 e. The maximum Gasteiger partial charge on any atom is 0.208 e. The van der Waals surface area contributed by atoms with Crippen LogP contribution in [0.3, 0.4) is 0 Å². The summed E-state index contributed by atoms with van der Waals surface area (Å²) in [6.07, 6.45) is -3.74. The Morgan fingerprint density at radius 1 is 0.919 bits per heavy atom. The van der Waals surface area contributed by atoms with Crippen LogP contribution in [-0.2, 0) is 32.9 Å². The van der Waals surface area contributed by atoms with Crippen molar-refractivity contribution in [3.8, 4) is 0 Å². The van der Waals surface area contributed by atoms with Crippen LogP contribution in [0.2, 0.25) is 36.3 Å². The third-order valence-corrected chi connectivity index (χ3v) is 18.8. The highest BCUT2D eigenvalue weighted by molar-refractivity contribution is 7.91. The summed E-state index contributed by atoms with van der Waals surface area (Å²) < 4.78 is 57.9. The van der Waals surface area contributed by atoms with Crippen molar-refractivity contribution in [3.63, 3.8) is 0 Å². The van der Waals surface area contributed by atoms with E-state index in [1.54, 1.807) is 18.2 Å². The van der Waals surface area contributed by atoms with Crippen molar-refractivity contribution in [1.82, 2.24) is 0 Å². The van der Waals surface area contributed by atoms with E-state index in [0.717, 1.165) is 0 Å². The Kier molecular flexibility index (Phi) is 9.76. The monoisotopic (exact) mass is 576 g/mol. The van der Waals surface area contributed by atoms with Gasteiger partial charge in [0.1, 0.15) is 24.1 Å². The van der Waals surface area contributed by atoms with E-state index < -0.39 is 62.6 Å². The zero-order valence-electron chi connectivity index (χ0n) is 24.6. The van der Waals surface area contributed by atoms with Crippen LogP contribution in [0.15, 0.2) is 35.2 Å². The third kappa shape index (κ3) is 7.12. The smallest absolute Gasteiger partial charge is 0.208 e. The van der Waals surface area contributed by atoms with E-state index in [-0.39, 0.29) is 15.0 Å². The Labute approximate surface area is 226 Å². The molecule has 0 aromatic heterocycles. The lowest BCUT2D eigenvalue weighted by atomic mass is 10.1. The number of methoxy groups -OCH3 is 2. The van der Waals surface area contributed by atoms with Crippen LogP contribution < -0.4 is 0 Å². The Morgan fingerprint density at radius 3 is 1.81 bits per heavy atom. The highest BCUT2D eigenvalue weighted by atomic mass is 32.2. The second-order valence-corrected chi connectivity index (χ2v) is 24.5. The molecule has 4 atom stereocenters. The van der Waals surface area contributed by atoms with E-state index >= 15 is 0 Å². The number of ether oxygens (including phenoxy) is 3. The predicted octanol–water partition coefficient (Wildman–Crippen LogP) is 4.95. The number of sulfone groups is 1. The molecule has 1 fully saturated rings. The summed E-state index contributed by atoms with van der Waals surface area (Å²) in [5.74, 6) is -2.89. The van der Waals surface area contributed by atoms with Crippen LogP contribution in [0.1, 0.15) is 41.5 Å². The van der Waals surface area contributed by atoms with Gasteiger partial charge in [0.25, 0.3) is 0 Å². The minimum atomic E-state index is -3.95. The highest BCUT2D eigenvalue weighted by Gasteiger charge is 2.63. The maximum absolute atomic E-state index is 13.5. The van der Waals surface area contributed by atoms with Crippen LogP contribution in [0, 0.1) is 0 Å². The molecule has 37 heavy (non-hydrogen) atoms.